The number of hydrogen-bond donors (Lipinski definition) is 2. The lowest BCUT2D eigenvalue weighted by atomic mass is 10.1. The fraction of sp³-hybridized carbons (Fsp3) is 0.231. The summed E-state index contributed by atoms with van der Waals surface area (Å²) in [5.74, 6) is 0.799. The van der Waals surface area contributed by atoms with Gasteiger partial charge < -0.3 is 5.32 Å². The Morgan fingerprint density at radius 3 is 2.82 bits per heavy atom. The Kier molecular flexibility index (Phi) is 2.21. The Morgan fingerprint density at radius 1 is 1.29 bits per heavy atom. The molecule has 0 atom stereocenters. The summed E-state index contributed by atoms with van der Waals surface area (Å²) in [5.41, 5.74) is 3.65. The summed E-state index contributed by atoms with van der Waals surface area (Å²) >= 11 is 0. The van der Waals surface area contributed by atoms with Crippen molar-refractivity contribution in [2.75, 3.05) is 11.9 Å². The third-order valence-electron chi connectivity index (χ3n) is 3.01. The van der Waals surface area contributed by atoms with Crippen molar-refractivity contribution in [3.63, 3.8) is 0 Å². The van der Waals surface area contributed by atoms with E-state index in [1.54, 1.807) is 0 Å². The van der Waals surface area contributed by atoms with Crippen LogP contribution in [0.5, 0.6) is 0 Å². The van der Waals surface area contributed by atoms with Crippen LogP contribution in [0.1, 0.15) is 5.56 Å². The van der Waals surface area contributed by atoms with Gasteiger partial charge in [0, 0.05) is 24.7 Å². The first kappa shape index (κ1) is 10.1. The predicted molar refractivity (Wildman–Crippen MR) is 66.7 cm³/mol. The highest BCUT2D eigenvalue weighted by molar-refractivity contribution is 5.60. The van der Waals surface area contributed by atoms with Crippen molar-refractivity contribution in [3.8, 4) is 11.3 Å². The molecule has 4 nitrogen and oxygen atoms in total. The Bertz CT molecular complexity index is 610. The highest BCUT2D eigenvalue weighted by Crippen LogP contribution is 2.19. The Morgan fingerprint density at radius 2 is 2.06 bits per heavy atom. The van der Waals surface area contributed by atoms with Crippen LogP contribution in [0.2, 0.25) is 0 Å². The maximum Gasteiger partial charge on any atom is 0.205 e. The smallest absolute Gasteiger partial charge is 0.205 e. The third kappa shape index (κ3) is 1.71. The average molecular weight is 226 g/mol. The Labute approximate surface area is 99.5 Å². The maximum absolute atomic E-state index is 7.97. The molecule has 4 heteroatoms. The van der Waals surface area contributed by atoms with Gasteiger partial charge in [-0.15, -0.1) is 0 Å². The lowest BCUT2D eigenvalue weighted by Gasteiger charge is -2.06. The van der Waals surface area contributed by atoms with Crippen LogP contribution in [-0.2, 0) is 6.54 Å². The number of fused-ring (bicyclic) bond motifs is 1. The molecule has 0 aliphatic carbocycles. The van der Waals surface area contributed by atoms with Gasteiger partial charge in [-0.05, 0) is 6.92 Å². The van der Waals surface area contributed by atoms with Crippen LogP contribution in [-0.4, -0.2) is 16.1 Å². The average Bonchev–Trinajstić information content (AvgIpc) is 2.78. The van der Waals surface area contributed by atoms with E-state index in [4.69, 9.17) is 5.41 Å². The summed E-state index contributed by atoms with van der Waals surface area (Å²) in [6.07, 6.45) is 0. The van der Waals surface area contributed by atoms with Crippen LogP contribution < -0.4 is 10.8 Å². The molecule has 86 valence electrons. The van der Waals surface area contributed by atoms with Crippen LogP contribution in [0, 0.1) is 12.3 Å². The number of nitrogens with one attached hydrogen (secondary N) is 2. The van der Waals surface area contributed by atoms with Gasteiger partial charge in [0.1, 0.15) is 5.49 Å². The number of rotatable bonds is 1. The normalized spacial score (nSPS) is 13.2. The standard InChI is InChI=1S/C13H14N4/c1-9-2-4-10(5-3-9)11-8-12(14)17-7-6-15-13(17)16-11/h2-5,8,14H,6-7H2,1H3,(H,15,16). The first-order valence-electron chi connectivity index (χ1n) is 5.71. The molecule has 0 saturated carbocycles. The number of hydrogen-bond acceptors (Lipinski definition) is 3. The van der Waals surface area contributed by atoms with Crippen molar-refractivity contribution >= 4 is 5.95 Å². The second-order valence-corrected chi connectivity index (χ2v) is 4.29. The minimum Gasteiger partial charge on any atom is -0.354 e. The van der Waals surface area contributed by atoms with Gasteiger partial charge in [-0.25, -0.2) is 4.98 Å². The van der Waals surface area contributed by atoms with E-state index in [0.29, 0.717) is 5.49 Å². The molecule has 0 amide bonds. The van der Waals surface area contributed by atoms with E-state index >= 15 is 0 Å². The highest BCUT2D eigenvalue weighted by atomic mass is 15.2. The van der Waals surface area contributed by atoms with Crippen LogP contribution in [0.4, 0.5) is 5.95 Å². The van der Waals surface area contributed by atoms with Crippen molar-refractivity contribution in [1.29, 1.82) is 5.41 Å². The molecule has 17 heavy (non-hydrogen) atoms. The molecule has 0 spiro atoms. The van der Waals surface area contributed by atoms with E-state index in [9.17, 15) is 0 Å². The zero-order chi connectivity index (χ0) is 11.8. The van der Waals surface area contributed by atoms with Gasteiger partial charge in [0.2, 0.25) is 5.95 Å². The van der Waals surface area contributed by atoms with Crippen LogP contribution in [0.15, 0.2) is 30.3 Å². The fourth-order valence-electron chi connectivity index (χ4n) is 2.04. The molecular formula is C13H14N4. The number of nitrogens with zero attached hydrogens (tertiary/aromatic N) is 2. The zero-order valence-electron chi connectivity index (χ0n) is 9.70. The zero-order valence-corrected chi connectivity index (χ0v) is 9.70. The van der Waals surface area contributed by atoms with Crippen molar-refractivity contribution in [1.82, 2.24) is 9.55 Å². The predicted octanol–water partition coefficient (Wildman–Crippen LogP) is 1.76. The number of aromatic nitrogens is 2. The van der Waals surface area contributed by atoms with Gasteiger partial charge in [-0.2, -0.15) is 0 Å². The molecule has 0 fully saturated rings. The lowest BCUT2D eigenvalue weighted by Crippen LogP contribution is -2.18. The van der Waals surface area contributed by atoms with Crippen molar-refractivity contribution < 1.29 is 0 Å². The number of aryl methyl sites for hydroxylation is 1. The van der Waals surface area contributed by atoms with E-state index in [2.05, 4.69) is 29.4 Å². The molecular weight excluding hydrogens is 212 g/mol. The van der Waals surface area contributed by atoms with Gasteiger partial charge in [0.25, 0.3) is 0 Å². The SMILES string of the molecule is Cc1ccc(-c2cc(=N)n3c(n2)NCC3)cc1. The first-order valence-corrected chi connectivity index (χ1v) is 5.71. The molecule has 0 radical (unpaired) electrons. The third-order valence-corrected chi connectivity index (χ3v) is 3.01. The molecule has 0 unspecified atom stereocenters. The Balaban J connectivity index is 2.13. The molecule has 1 aromatic carbocycles. The van der Waals surface area contributed by atoms with E-state index in [0.717, 1.165) is 30.3 Å². The Hall–Kier alpha value is -2.10. The molecule has 2 aromatic rings. The van der Waals surface area contributed by atoms with Crippen molar-refractivity contribution in [3.05, 3.63) is 41.4 Å². The maximum atomic E-state index is 7.97. The quantitative estimate of drug-likeness (QED) is 0.778. The van der Waals surface area contributed by atoms with E-state index in [1.165, 1.54) is 5.56 Å². The molecule has 1 aliphatic rings. The van der Waals surface area contributed by atoms with E-state index in [-0.39, 0.29) is 0 Å². The summed E-state index contributed by atoms with van der Waals surface area (Å²) in [7, 11) is 0. The van der Waals surface area contributed by atoms with E-state index < -0.39 is 0 Å². The van der Waals surface area contributed by atoms with Gasteiger partial charge in [0.05, 0.1) is 5.69 Å². The lowest BCUT2D eigenvalue weighted by molar-refractivity contribution is 0.735. The van der Waals surface area contributed by atoms with Crippen LogP contribution >= 0.6 is 0 Å². The minimum atomic E-state index is 0.510. The largest absolute Gasteiger partial charge is 0.354 e. The van der Waals surface area contributed by atoms with E-state index in [1.807, 2.05) is 22.8 Å². The van der Waals surface area contributed by atoms with Gasteiger partial charge in [-0.3, -0.25) is 9.98 Å². The number of benzene rings is 1. The monoisotopic (exact) mass is 226 g/mol. The minimum absolute atomic E-state index is 0.510. The van der Waals surface area contributed by atoms with Crippen molar-refractivity contribution in [2.45, 2.75) is 13.5 Å². The van der Waals surface area contributed by atoms with Gasteiger partial charge in [-0.1, -0.05) is 29.8 Å². The molecule has 2 heterocycles. The first-order chi connectivity index (χ1) is 8.24. The summed E-state index contributed by atoms with van der Waals surface area (Å²) in [6.45, 7) is 3.75. The molecule has 0 saturated heterocycles. The topological polar surface area (TPSA) is 53.7 Å². The molecule has 0 bridgehead atoms. The van der Waals surface area contributed by atoms with Crippen LogP contribution in [0.3, 0.4) is 0 Å². The summed E-state index contributed by atoms with van der Waals surface area (Å²) in [6, 6.07) is 10.0. The molecule has 1 aromatic heterocycles. The van der Waals surface area contributed by atoms with Crippen LogP contribution in [0.25, 0.3) is 11.3 Å². The molecule has 1 aliphatic heterocycles. The molecule has 3 rings (SSSR count). The van der Waals surface area contributed by atoms with Crippen molar-refractivity contribution in [2.24, 2.45) is 0 Å². The second-order valence-electron chi connectivity index (χ2n) is 4.29. The van der Waals surface area contributed by atoms with Gasteiger partial charge in [0.15, 0.2) is 0 Å². The summed E-state index contributed by atoms with van der Waals surface area (Å²) in [4.78, 5) is 4.55. The second kappa shape index (κ2) is 3.73. The highest BCUT2D eigenvalue weighted by Gasteiger charge is 2.12. The number of anilines is 1. The fourth-order valence-corrected chi connectivity index (χ4v) is 2.04. The summed E-state index contributed by atoms with van der Waals surface area (Å²) in [5, 5.41) is 11.2. The molecule has 2 N–H and O–H groups in total. The summed E-state index contributed by atoms with van der Waals surface area (Å²) < 4.78 is 1.89. The van der Waals surface area contributed by atoms with Gasteiger partial charge >= 0.3 is 0 Å².